The third-order valence-electron chi connectivity index (χ3n) is 14.7. The fraction of sp³-hybridized carbons (Fsp3) is 0.800. The summed E-state index contributed by atoms with van der Waals surface area (Å²) in [7, 11) is 1.17. The Morgan fingerprint density at radius 1 is 0.400 bits per heavy atom. The summed E-state index contributed by atoms with van der Waals surface area (Å²) in [6, 6.07) is 0. The van der Waals surface area contributed by atoms with E-state index in [1.807, 2.05) is 21.1 Å². The van der Waals surface area contributed by atoms with E-state index in [0.717, 1.165) is 70.6 Å². The van der Waals surface area contributed by atoms with Gasteiger partial charge < -0.3 is 27.9 Å². The molecule has 0 radical (unpaired) electrons. The maximum Gasteiger partial charge on any atom is 0.306 e. The van der Waals surface area contributed by atoms with Gasteiger partial charge in [0.1, 0.15) is 19.8 Å². The van der Waals surface area contributed by atoms with Gasteiger partial charge in [0.2, 0.25) is 0 Å². The summed E-state index contributed by atoms with van der Waals surface area (Å²) in [6.07, 6.45) is 81.2. The van der Waals surface area contributed by atoms with E-state index in [-0.39, 0.29) is 32.0 Å². The van der Waals surface area contributed by atoms with Crippen LogP contribution >= 0.6 is 7.82 Å². The van der Waals surface area contributed by atoms with Crippen LogP contribution in [0.1, 0.15) is 309 Å². The number of esters is 2. The van der Waals surface area contributed by atoms with Crippen molar-refractivity contribution in [3.8, 4) is 0 Å². The molecule has 2 unspecified atom stereocenters. The van der Waals surface area contributed by atoms with Crippen molar-refractivity contribution in [1.29, 1.82) is 0 Å². The SMILES string of the molecule is CC/C=C\C/C=C\C/C=C\C/C=C\CCCCCCCCCCCCCCCCCCCCCCCCC(=O)OC(COC(=O)CCCCCCCCCCC/C=C\C/C=C\CCCCCCC)COP(=O)([O-])OCC[N+](C)(C)C. The van der Waals surface area contributed by atoms with Gasteiger partial charge in [-0.1, -0.05) is 286 Å². The molecule has 0 aromatic carbocycles. The van der Waals surface area contributed by atoms with Gasteiger partial charge in [-0.25, -0.2) is 0 Å². The Hall–Kier alpha value is -2.55. The van der Waals surface area contributed by atoms with Crippen LogP contribution in [0.3, 0.4) is 0 Å². The smallest absolute Gasteiger partial charge is 0.306 e. The highest BCUT2D eigenvalue weighted by atomic mass is 31.2. The van der Waals surface area contributed by atoms with Crippen molar-refractivity contribution in [3.05, 3.63) is 72.9 Å². The number of ether oxygens (including phenoxy) is 2. The van der Waals surface area contributed by atoms with E-state index in [2.05, 4.69) is 86.8 Å². The molecular formula is C70H128NO8P. The second-order valence-electron chi connectivity index (χ2n) is 23.8. The highest BCUT2D eigenvalue weighted by Crippen LogP contribution is 2.38. The molecule has 0 bridgehead atoms. The molecule has 0 spiro atoms. The Morgan fingerprint density at radius 3 is 1.06 bits per heavy atom. The first-order valence-electron chi connectivity index (χ1n) is 33.6. The predicted octanol–water partition coefficient (Wildman–Crippen LogP) is 21.0. The molecule has 0 saturated heterocycles. The Kier molecular flexibility index (Phi) is 59.1. The number of phosphoric acid groups is 1. The minimum atomic E-state index is -4.64. The molecule has 0 rings (SSSR count). The average Bonchev–Trinajstić information content (AvgIpc) is 3.42. The van der Waals surface area contributed by atoms with Crippen molar-refractivity contribution < 1.29 is 42.1 Å². The van der Waals surface area contributed by atoms with Crippen LogP contribution in [0, 0.1) is 0 Å². The van der Waals surface area contributed by atoms with Gasteiger partial charge in [-0.15, -0.1) is 0 Å². The number of hydrogen-bond acceptors (Lipinski definition) is 8. The highest BCUT2D eigenvalue weighted by Gasteiger charge is 2.22. The van der Waals surface area contributed by atoms with Crippen molar-refractivity contribution in [2.24, 2.45) is 0 Å². The van der Waals surface area contributed by atoms with Gasteiger partial charge >= 0.3 is 11.9 Å². The van der Waals surface area contributed by atoms with Gasteiger partial charge in [-0.3, -0.25) is 14.2 Å². The number of rotatable bonds is 62. The number of nitrogens with zero attached hydrogens (tertiary/aromatic N) is 1. The summed E-state index contributed by atoms with van der Waals surface area (Å²) in [5.74, 6) is -0.826. The van der Waals surface area contributed by atoms with Crippen LogP contribution in [-0.2, 0) is 32.7 Å². The van der Waals surface area contributed by atoms with Crippen LogP contribution in [0.4, 0.5) is 0 Å². The van der Waals surface area contributed by atoms with Gasteiger partial charge in [-0.05, 0) is 83.5 Å². The van der Waals surface area contributed by atoms with Crippen molar-refractivity contribution in [2.45, 2.75) is 315 Å². The summed E-state index contributed by atoms with van der Waals surface area (Å²) in [4.78, 5) is 38.0. The molecule has 9 nitrogen and oxygen atoms in total. The predicted molar refractivity (Wildman–Crippen MR) is 342 cm³/mol. The lowest BCUT2D eigenvalue weighted by molar-refractivity contribution is -0.870. The molecule has 2 atom stereocenters. The normalized spacial score (nSPS) is 13.6. The van der Waals surface area contributed by atoms with Crippen LogP contribution in [0.25, 0.3) is 0 Å². The van der Waals surface area contributed by atoms with Crippen LogP contribution in [0.5, 0.6) is 0 Å². The van der Waals surface area contributed by atoms with Gasteiger partial charge in [0.25, 0.3) is 7.82 Å². The Balaban J connectivity index is 4.00. The molecule has 0 heterocycles. The molecule has 10 heteroatoms. The third kappa shape index (κ3) is 64.6. The fourth-order valence-corrected chi connectivity index (χ4v) is 10.3. The summed E-state index contributed by atoms with van der Waals surface area (Å²) < 4.78 is 34.3. The summed E-state index contributed by atoms with van der Waals surface area (Å²) in [5.41, 5.74) is 0. The van der Waals surface area contributed by atoms with Gasteiger partial charge in [-0.2, -0.15) is 0 Å². The summed E-state index contributed by atoms with van der Waals surface area (Å²) in [6.45, 7) is 4.15. The zero-order valence-corrected chi connectivity index (χ0v) is 53.9. The zero-order chi connectivity index (χ0) is 58.4. The lowest BCUT2D eigenvalue weighted by Crippen LogP contribution is -2.37. The first-order chi connectivity index (χ1) is 39.0. The number of allylic oxidation sites excluding steroid dienone is 12. The fourth-order valence-electron chi connectivity index (χ4n) is 9.56. The lowest BCUT2D eigenvalue weighted by Gasteiger charge is -2.28. The molecule has 0 aliphatic heterocycles. The molecule has 0 aromatic heterocycles. The van der Waals surface area contributed by atoms with Gasteiger partial charge in [0.05, 0.1) is 27.7 Å². The number of unbranched alkanes of at least 4 members (excludes halogenated alkanes) is 36. The van der Waals surface area contributed by atoms with E-state index in [4.69, 9.17) is 18.5 Å². The number of phosphoric ester groups is 1. The summed E-state index contributed by atoms with van der Waals surface area (Å²) in [5, 5.41) is 0. The summed E-state index contributed by atoms with van der Waals surface area (Å²) >= 11 is 0. The Labute approximate surface area is 495 Å². The van der Waals surface area contributed by atoms with Gasteiger partial charge in [0, 0.05) is 12.8 Å². The Bertz CT molecular complexity index is 1580. The van der Waals surface area contributed by atoms with E-state index in [1.165, 1.54) is 205 Å². The molecule has 80 heavy (non-hydrogen) atoms. The maximum atomic E-state index is 12.8. The van der Waals surface area contributed by atoms with Crippen LogP contribution in [0.15, 0.2) is 72.9 Å². The molecule has 466 valence electrons. The van der Waals surface area contributed by atoms with Gasteiger partial charge in [0.15, 0.2) is 6.10 Å². The number of hydrogen-bond donors (Lipinski definition) is 0. The molecule has 0 saturated carbocycles. The molecule has 0 aliphatic rings. The first-order valence-corrected chi connectivity index (χ1v) is 35.1. The van der Waals surface area contributed by atoms with Crippen LogP contribution < -0.4 is 4.89 Å². The van der Waals surface area contributed by atoms with E-state index in [9.17, 15) is 19.0 Å². The van der Waals surface area contributed by atoms with Crippen molar-refractivity contribution in [3.63, 3.8) is 0 Å². The number of likely N-dealkylation sites (N-methyl/N-ethyl adjacent to an activating group) is 1. The van der Waals surface area contributed by atoms with E-state index in [0.29, 0.717) is 17.4 Å². The lowest BCUT2D eigenvalue weighted by atomic mass is 10.0. The van der Waals surface area contributed by atoms with Crippen molar-refractivity contribution in [1.82, 2.24) is 0 Å². The number of quaternary nitrogens is 1. The number of carbonyl (C=O) groups is 2. The minimum absolute atomic E-state index is 0.0315. The molecule has 0 aliphatic carbocycles. The molecular weight excluding hydrogens is 1010 g/mol. The quantitative estimate of drug-likeness (QED) is 0.0195. The number of carbonyl (C=O) groups excluding carboxylic acids is 2. The monoisotopic (exact) mass is 1140 g/mol. The van der Waals surface area contributed by atoms with E-state index < -0.39 is 26.5 Å². The van der Waals surface area contributed by atoms with E-state index >= 15 is 0 Å². The highest BCUT2D eigenvalue weighted by molar-refractivity contribution is 7.45. The first kappa shape index (κ1) is 77.5. The second-order valence-corrected chi connectivity index (χ2v) is 25.2. The minimum Gasteiger partial charge on any atom is -0.756 e. The largest absolute Gasteiger partial charge is 0.756 e. The third-order valence-corrected chi connectivity index (χ3v) is 15.7. The van der Waals surface area contributed by atoms with E-state index in [1.54, 1.807) is 0 Å². The molecule has 0 fully saturated rings. The van der Waals surface area contributed by atoms with Crippen molar-refractivity contribution >= 4 is 19.8 Å². The zero-order valence-electron chi connectivity index (χ0n) is 53.0. The standard InChI is InChI=1S/C70H128NO8P/c1-6-8-10-12-14-16-18-20-22-24-26-28-29-30-31-32-33-34-35-36-37-38-39-40-41-43-45-47-49-51-53-55-57-59-61-63-70(73)79-68(67-78-80(74,75)77-65-64-71(3,4)5)66-76-69(72)62-60-58-56-54-52-50-48-46-44-42-27-25-23-21-19-17-15-13-11-9-7-2/h8,10,14,16,19-22,25-28,68H,6-7,9,11-13,15,17-18,23-24,29-67H2,1-5H3/b10-8-,16-14-,21-19-,22-20-,27-25-,28-26-. The topological polar surface area (TPSA) is 111 Å². The second kappa shape index (κ2) is 61.0. The Morgan fingerprint density at radius 2 is 0.713 bits per heavy atom. The van der Waals surface area contributed by atoms with Crippen LogP contribution in [-0.4, -0.2) is 70.0 Å². The molecule has 0 aromatic rings. The van der Waals surface area contributed by atoms with Crippen molar-refractivity contribution in [2.75, 3.05) is 47.5 Å². The van der Waals surface area contributed by atoms with Crippen LogP contribution in [0.2, 0.25) is 0 Å². The molecule has 0 N–H and O–H groups in total. The average molecular weight is 1140 g/mol. The molecule has 0 amide bonds. The maximum absolute atomic E-state index is 12.8.